The fourth-order valence-electron chi connectivity index (χ4n) is 3.07. The number of nitrogens with zero attached hydrogens (tertiary/aromatic N) is 1. The van der Waals surface area contributed by atoms with Crippen LogP contribution in [0.25, 0.3) is 22.1 Å². The summed E-state index contributed by atoms with van der Waals surface area (Å²) in [6, 6.07) is 11.4. The van der Waals surface area contributed by atoms with Gasteiger partial charge >= 0.3 is 5.63 Å². The van der Waals surface area contributed by atoms with Crippen LogP contribution in [-0.2, 0) is 4.79 Å². The quantitative estimate of drug-likeness (QED) is 0.638. The minimum atomic E-state index is -0.536. The molecule has 0 aliphatic carbocycles. The van der Waals surface area contributed by atoms with Crippen LogP contribution in [-0.4, -0.2) is 37.8 Å². The number of anilines is 1. The van der Waals surface area contributed by atoms with Gasteiger partial charge in [-0.3, -0.25) is 4.79 Å². The number of amides is 1. The molecule has 0 atom stereocenters. The van der Waals surface area contributed by atoms with E-state index >= 15 is 0 Å². The van der Waals surface area contributed by atoms with E-state index in [1.807, 2.05) is 0 Å². The molecular formula is C21H21FN2O4. The molecular weight excluding hydrogens is 363 g/mol. The largest absolute Gasteiger partial charge is 0.423 e. The highest BCUT2D eigenvalue weighted by Crippen LogP contribution is 2.32. The summed E-state index contributed by atoms with van der Waals surface area (Å²) in [6.07, 6.45) is 0. The van der Waals surface area contributed by atoms with Gasteiger partial charge in [0.1, 0.15) is 11.4 Å². The lowest BCUT2D eigenvalue weighted by Crippen LogP contribution is -2.36. The molecule has 146 valence electrons. The number of halogens is 1. The molecule has 0 aliphatic heterocycles. The number of carbonyl (C=O) groups excluding carboxylic acids is 1. The molecule has 0 fully saturated rings. The monoisotopic (exact) mass is 384 g/mol. The van der Waals surface area contributed by atoms with E-state index in [2.05, 4.69) is 5.32 Å². The Kier molecular flexibility index (Phi) is 5.75. The van der Waals surface area contributed by atoms with E-state index in [4.69, 9.17) is 9.52 Å². The number of likely N-dealkylation sites (N-methyl/N-ethyl adjacent to an activating group) is 1. The van der Waals surface area contributed by atoms with Crippen LogP contribution in [0.4, 0.5) is 10.1 Å². The number of rotatable bonds is 6. The van der Waals surface area contributed by atoms with Gasteiger partial charge in [-0.2, -0.15) is 0 Å². The van der Waals surface area contributed by atoms with E-state index in [1.165, 1.54) is 12.1 Å². The van der Waals surface area contributed by atoms with Gasteiger partial charge in [-0.15, -0.1) is 0 Å². The Hall–Kier alpha value is -3.19. The maximum absolute atomic E-state index is 14.0. The Labute approximate surface area is 161 Å². The van der Waals surface area contributed by atoms with E-state index in [0.29, 0.717) is 33.3 Å². The van der Waals surface area contributed by atoms with Gasteiger partial charge in [0.2, 0.25) is 5.91 Å². The molecule has 6 nitrogen and oxygen atoms in total. The van der Waals surface area contributed by atoms with Gasteiger partial charge in [0, 0.05) is 42.4 Å². The normalized spacial score (nSPS) is 10.9. The Morgan fingerprint density at radius 1 is 1.21 bits per heavy atom. The zero-order chi connectivity index (χ0) is 20.3. The first-order chi connectivity index (χ1) is 13.4. The summed E-state index contributed by atoms with van der Waals surface area (Å²) in [6.45, 7) is 1.81. The number of fused-ring (bicyclic) bond motifs is 1. The van der Waals surface area contributed by atoms with Crippen LogP contribution in [0.3, 0.4) is 0 Å². The Morgan fingerprint density at radius 2 is 2.00 bits per heavy atom. The number of hydrogen-bond donors (Lipinski definition) is 2. The van der Waals surface area contributed by atoms with Crippen molar-refractivity contribution >= 4 is 22.6 Å². The number of aliphatic hydroxyl groups excluding tert-OH is 1. The maximum Gasteiger partial charge on any atom is 0.336 e. The fourth-order valence-corrected chi connectivity index (χ4v) is 3.07. The summed E-state index contributed by atoms with van der Waals surface area (Å²) in [5, 5.41) is 12.0. The van der Waals surface area contributed by atoms with Crippen molar-refractivity contribution in [1.82, 2.24) is 5.32 Å². The first-order valence-corrected chi connectivity index (χ1v) is 8.83. The van der Waals surface area contributed by atoms with Gasteiger partial charge in [0.25, 0.3) is 0 Å². The topological polar surface area (TPSA) is 82.8 Å². The van der Waals surface area contributed by atoms with Crippen molar-refractivity contribution in [2.45, 2.75) is 6.92 Å². The fraction of sp³-hybridized carbons (Fsp3) is 0.238. The maximum atomic E-state index is 14.0. The van der Waals surface area contributed by atoms with Crippen LogP contribution in [0, 0.1) is 12.7 Å². The van der Waals surface area contributed by atoms with Gasteiger partial charge in [-0.1, -0.05) is 12.1 Å². The smallest absolute Gasteiger partial charge is 0.336 e. The summed E-state index contributed by atoms with van der Waals surface area (Å²) in [5.74, 6) is -0.577. The Morgan fingerprint density at radius 3 is 2.75 bits per heavy atom. The zero-order valence-corrected chi connectivity index (χ0v) is 15.7. The van der Waals surface area contributed by atoms with Crippen molar-refractivity contribution in [3.8, 4) is 11.1 Å². The molecule has 0 spiro atoms. The number of benzene rings is 2. The van der Waals surface area contributed by atoms with Gasteiger partial charge in [0.15, 0.2) is 0 Å². The van der Waals surface area contributed by atoms with Crippen molar-refractivity contribution in [3.05, 3.63) is 64.3 Å². The number of hydrogen-bond acceptors (Lipinski definition) is 5. The van der Waals surface area contributed by atoms with E-state index in [0.717, 1.165) is 0 Å². The second kappa shape index (κ2) is 8.22. The summed E-state index contributed by atoms with van der Waals surface area (Å²) < 4.78 is 19.3. The number of carbonyl (C=O) groups is 1. The molecule has 0 saturated heterocycles. The molecule has 0 aliphatic rings. The van der Waals surface area contributed by atoms with E-state index in [-0.39, 0.29) is 31.4 Å². The molecule has 0 unspecified atom stereocenters. The number of aliphatic hydroxyl groups is 1. The highest BCUT2D eigenvalue weighted by atomic mass is 19.1. The molecule has 0 radical (unpaired) electrons. The Bertz CT molecular complexity index is 1080. The average molecular weight is 384 g/mol. The van der Waals surface area contributed by atoms with Crippen molar-refractivity contribution in [2.75, 3.05) is 31.6 Å². The summed E-state index contributed by atoms with van der Waals surface area (Å²) >= 11 is 0. The second-order valence-electron chi connectivity index (χ2n) is 6.50. The Balaban J connectivity index is 2.01. The molecule has 1 amide bonds. The molecule has 0 bridgehead atoms. The van der Waals surface area contributed by atoms with Crippen molar-refractivity contribution in [2.24, 2.45) is 0 Å². The van der Waals surface area contributed by atoms with Crippen molar-refractivity contribution < 1.29 is 18.7 Å². The van der Waals surface area contributed by atoms with Gasteiger partial charge in [0.05, 0.1) is 13.2 Å². The third-order valence-electron chi connectivity index (χ3n) is 4.54. The molecule has 28 heavy (non-hydrogen) atoms. The predicted octanol–water partition coefficient (Wildman–Crippen LogP) is 2.45. The predicted molar refractivity (Wildman–Crippen MR) is 106 cm³/mol. The van der Waals surface area contributed by atoms with Crippen LogP contribution >= 0.6 is 0 Å². The average Bonchev–Trinajstić information content (AvgIpc) is 2.67. The van der Waals surface area contributed by atoms with Gasteiger partial charge in [-0.25, -0.2) is 9.18 Å². The van der Waals surface area contributed by atoms with Crippen LogP contribution in [0.2, 0.25) is 0 Å². The lowest BCUT2D eigenvalue weighted by molar-refractivity contribution is -0.119. The highest BCUT2D eigenvalue weighted by molar-refractivity contribution is 5.95. The molecule has 2 aromatic carbocycles. The molecule has 3 rings (SSSR count). The van der Waals surface area contributed by atoms with E-state index < -0.39 is 5.63 Å². The second-order valence-corrected chi connectivity index (χ2v) is 6.50. The van der Waals surface area contributed by atoms with Crippen LogP contribution in [0.1, 0.15) is 5.56 Å². The van der Waals surface area contributed by atoms with Crippen LogP contribution in [0.15, 0.2) is 51.7 Å². The molecule has 1 aromatic heterocycles. The molecule has 7 heteroatoms. The number of nitrogens with one attached hydrogen (secondary N) is 1. The first-order valence-electron chi connectivity index (χ1n) is 8.83. The SMILES string of the molecule is Cc1c(F)cccc1-c1cc(=O)oc2cc(N(C)CC(=O)NCCO)ccc12. The third-order valence-corrected chi connectivity index (χ3v) is 4.54. The molecule has 1 heterocycles. The summed E-state index contributed by atoms with van der Waals surface area (Å²) in [5.41, 5.74) is 2.18. The lowest BCUT2D eigenvalue weighted by atomic mass is 9.97. The minimum Gasteiger partial charge on any atom is -0.423 e. The third kappa shape index (κ3) is 4.04. The molecule has 2 N–H and O–H groups in total. The lowest BCUT2D eigenvalue weighted by Gasteiger charge is -2.19. The van der Waals surface area contributed by atoms with Crippen LogP contribution in [0.5, 0.6) is 0 Å². The minimum absolute atomic E-state index is 0.0818. The van der Waals surface area contributed by atoms with Gasteiger partial charge in [-0.05, 0) is 36.2 Å². The van der Waals surface area contributed by atoms with Gasteiger partial charge < -0.3 is 19.7 Å². The zero-order valence-electron chi connectivity index (χ0n) is 15.7. The van der Waals surface area contributed by atoms with Crippen LogP contribution < -0.4 is 15.8 Å². The van der Waals surface area contributed by atoms with E-state index in [9.17, 15) is 14.0 Å². The summed E-state index contributed by atoms with van der Waals surface area (Å²) in [4.78, 5) is 25.6. The van der Waals surface area contributed by atoms with E-state index in [1.54, 1.807) is 49.2 Å². The molecule has 0 saturated carbocycles. The molecule has 3 aromatic rings. The highest BCUT2D eigenvalue weighted by Gasteiger charge is 2.14. The summed E-state index contributed by atoms with van der Waals surface area (Å²) in [7, 11) is 1.73. The standard InChI is InChI=1S/C21H21FN2O4/c1-13-15(4-3-5-18(13)22)17-11-21(27)28-19-10-14(6-7-16(17)19)24(2)12-20(26)23-8-9-25/h3-7,10-11,25H,8-9,12H2,1-2H3,(H,23,26). The van der Waals surface area contributed by atoms with Crippen molar-refractivity contribution in [3.63, 3.8) is 0 Å². The first kappa shape index (κ1) is 19.6. The van der Waals surface area contributed by atoms with Crippen molar-refractivity contribution in [1.29, 1.82) is 0 Å².